The van der Waals surface area contributed by atoms with E-state index in [0.29, 0.717) is 6.54 Å². The van der Waals surface area contributed by atoms with Crippen LogP contribution in [0.25, 0.3) is 0 Å². The van der Waals surface area contributed by atoms with Crippen molar-refractivity contribution < 1.29 is 4.79 Å². The highest BCUT2D eigenvalue weighted by Crippen LogP contribution is 2.35. The summed E-state index contributed by atoms with van der Waals surface area (Å²) in [4.78, 5) is 15.3. The van der Waals surface area contributed by atoms with E-state index in [2.05, 4.69) is 36.2 Å². The number of nitrogens with zero attached hydrogens (tertiary/aromatic N) is 2. The summed E-state index contributed by atoms with van der Waals surface area (Å²) in [5.41, 5.74) is 3.03. The molecule has 0 atom stereocenters. The van der Waals surface area contributed by atoms with Gasteiger partial charge in [-0.1, -0.05) is 44.2 Å². The molecule has 3 rings (SSSR count). The van der Waals surface area contributed by atoms with Crippen molar-refractivity contribution in [2.24, 2.45) is 0 Å². The number of fused-ring (bicyclic) bond motifs is 1. The van der Waals surface area contributed by atoms with Crippen LogP contribution in [0.15, 0.2) is 36.5 Å². The van der Waals surface area contributed by atoms with Crippen molar-refractivity contribution in [3.63, 3.8) is 0 Å². The number of H-pyrrole nitrogens is 1. The highest BCUT2D eigenvalue weighted by molar-refractivity contribution is 5.88. The van der Waals surface area contributed by atoms with Gasteiger partial charge in [0, 0.05) is 30.8 Å². The van der Waals surface area contributed by atoms with Crippen molar-refractivity contribution in [3.05, 3.63) is 53.3 Å². The maximum atomic E-state index is 13.3. The van der Waals surface area contributed by atoms with Gasteiger partial charge in [0.2, 0.25) is 5.91 Å². The van der Waals surface area contributed by atoms with Crippen LogP contribution in [0.4, 0.5) is 0 Å². The van der Waals surface area contributed by atoms with Gasteiger partial charge in [0.25, 0.3) is 0 Å². The molecule has 4 nitrogen and oxygen atoms in total. The van der Waals surface area contributed by atoms with Crippen LogP contribution < -0.4 is 0 Å². The largest absolute Gasteiger partial charge is 0.337 e. The second kappa shape index (κ2) is 5.95. The molecule has 1 aliphatic rings. The van der Waals surface area contributed by atoms with Gasteiger partial charge < -0.3 is 4.90 Å². The minimum Gasteiger partial charge on any atom is -0.337 e. The lowest BCUT2D eigenvalue weighted by atomic mass is 9.74. The number of amides is 1. The fourth-order valence-electron chi connectivity index (χ4n) is 3.54. The molecule has 0 aliphatic carbocycles. The topological polar surface area (TPSA) is 49.0 Å². The third-order valence-corrected chi connectivity index (χ3v) is 5.03. The summed E-state index contributed by atoms with van der Waals surface area (Å²) in [5.74, 6) is 0.246. The molecule has 0 saturated carbocycles. The quantitative estimate of drug-likeness (QED) is 0.943. The monoisotopic (exact) mass is 297 g/mol. The number of nitrogens with one attached hydrogen (secondary N) is 1. The van der Waals surface area contributed by atoms with Crippen molar-refractivity contribution >= 4 is 5.91 Å². The van der Waals surface area contributed by atoms with Crippen LogP contribution >= 0.6 is 0 Å². The van der Waals surface area contributed by atoms with Gasteiger partial charge in [-0.15, -0.1) is 0 Å². The molecule has 1 aromatic carbocycles. The summed E-state index contributed by atoms with van der Waals surface area (Å²) >= 11 is 0. The normalized spacial score (nSPS) is 14.7. The molecule has 2 heterocycles. The van der Waals surface area contributed by atoms with Crippen molar-refractivity contribution in [1.82, 2.24) is 15.1 Å². The fraction of sp³-hybridized carbons (Fsp3) is 0.444. The summed E-state index contributed by atoms with van der Waals surface area (Å²) in [6.07, 6.45) is 4.35. The van der Waals surface area contributed by atoms with Crippen LogP contribution in [0.1, 0.15) is 43.5 Å². The maximum Gasteiger partial charge on any atom is 0.233 e. The molecule has 0 unspecified atom stereocenters. The van der Waals surface area contributed by atoms with Gasteiger partial charge in [0.15, 0.2) is 0 Å². The molecule has 4 heteroatoms. The van der Waals surface area contributed by atoms with E-state index in [1.54, 1.807) is 0 Å². The predicted octanol–water partition coefficient (Wildman–Crippen LogP) is 3.05. The molecule has 1 N–H and O–H groups in total. The van der Waals surface area contributed by atoms with Gasteiger partial charge in [-0.05, 0) is 18.4 Å². The molecule has 0 radical (unpaired) electrons. The molecular formula is C18H23N3O. The van der Waals surface area contributed by atoms with E-state index < -0.39 is 5.41 Å². The van der Waals surface area contributed by atoms with Crippen LogP contribution in [0.5, 0.6) is 0 Å². The second-order valence-corrected chi connectivity index (χ2v) is 6.01. The van der Waals surface area contributed by atoms with Crippen molar-refractivity contribution in [3.8, 4) is 0 Å². The Morgan fingerprint density at radius 3 is 2.68 bits per heavy atom. The highest BCUT2D eigenvalue weighted by atomic mass is 16.2. The molecule has 22 heavy (non-hydrogen) atoms. The Morgan fingerprint density at radius 1 is 1.27 bits per heavy atom. The second-order valence-electron chi connectivity index (χ2n) is 6.01. The predicted molar refractivity (Wildman–Crippen MR) is 86.4 cm³/mol. The Morgan fingerprint density at radius 2 is 2.00 bits per heavy atom. The van der Waals surface area contributed by atoms with Gasteiger partial charge in [-0.25, -0.2) is 0 Å². The number of rotatable bonds is 4. The first-order chi connectivity index (χ1) is 10.7. The first-order valence-corrected chi connectivity index (χ1v) is 8.07. The van der Waals surface area contributed by atoms with E-state index in [9.17, 15) is 4.79 Å². The van der Waals surface area contributed by atoms with Gasteiger partial charge in [-0.2, -0.15) is 5.10 Å². The number of hydrogen-bond acceptors (Lipinski definition) is 2. The standard InChI is InChI=1S/C18H23N3O/c1-3-18(4-2,15-8-6-5-7-9-15)17(22)21-11-10-16-14(13-21)12-19-20-16/h5-9,12H,3-4,10-11,13H2,1-2H3,(H,19,20). The van der Waals surface area contributed by atoms with Crippen LogP contribution in [0, 0.1) is 0 Å². The smallest absolute Gasteiger partial charge is 0.233 e. The van der Waals surface area contributed by atoms with E-state index in [-0.39, 0.29) is 5.91 Å². The molecule has 0 saturated heterocycles. The van der Waals surface area contributed by atoms with E-state index >= 15 is 0 Å². The van der Waals surface area contributed by atoms with Crippen molar-refractivity contribution in [1.29, 1.82) is 0 Å². The van der Waals surface area contributed by atoms with Gasteiger partial charge in [0.05, 0.1) is 11.6 Å². The zero-order chi connectivity index (χ0) is 15.6. The van der Waals surface area contributed by atoms with Gasteiger partial charge in [-0.3, -0.25) is 9.89 Å². The zero-order valence-corrected chi connectivity index (χ0v) is 13.3. The number of hydrogen-bond donors (Lipinski definition) is 1. The lowest BCUT2D eigenvalue weighted by Crippen LogP contribution is -2.48. The SMILES string of the molecule is CCC(CC)(C(=O)N1CCc2[nH]ncc2C1)c1ccccc1. The molecule has 116 valence electrons. The van der Waals surface area contributed by atoms with E-state index in [0.717, 1.165) is 36.9 Å². The molecule has 1 amide bonds. The number of carbonyl (C=O) groups excluding carboxylic acids is 1. The van der Waals surface area contributed by atoms with Crippen molar-refractivity contribution in [2.45, 2.75) is 45.1 Å². The first-order valence-electron chi connectivity index (χ1n) is 8.07. The Kier molecular flexibility index (Phi) is 4.01. The van der Waals surface area contributed by atoms with Crippen LogP contribution in [0.2, 0.25) is 0 Å². The molecule has 0 fully saturated rings. The lowest BCUT2D eigenvalue weighted by Gasteiger charge is -2.38. The third kappa shape index (κ3) is 2.32. The summed E-state index contributed by atoms with van der Waals surface area (Å²) < 4.78 is 0. The molecule has 2 aromatic rings. The Balaban J connectivity index is 1.91. The first kappa shape index (κ1) is 14.8. The molecule has 1 aromatic heterocycles. The Labute approximate surface area is 131 Å². The molecule has 0 spiro atoms. The van der Waals surface area contributed by atoms with Crippen LogP contribution in [0.3, 0.4) is 0 Å². The van der Waals surface area contributed by atoms with Crippen LogP contribution in [-0.2, 0) is 23.2 Å². The van der Waals surface area contributed by atoms with Crippen molar-refractivity contribution in [2.75, 3.05) is 6.54 Å². The zero-order valence-electron chi connectivity index (χ0n) is 13.3. The number of aromatic amines is 1. The number of aromatic nitrogens is 2. The highest BCUT2D eigenvalue weighted by Gasteiger charge is 2.40. The molecular weight excluding hydrogens is 274 g/mol. The summed E-state index contributed by atoms with van der Waals surface area (Å²) in [5, 5.41) is 7.12. The van der Waals surface area contributed by atoms with Gasteiger partial charge >= 0.3 is 0 Å². The Bertz CT molecular complexity index is 643. The van der Waals surface area contributed by atoms with Gasteiger partial charge in [0.1, 0.15) is 0 Å². The average Bonchev–Trinajstić information content (AvgIpc) is 3.05. The lowest BCUT2D eigenvalue weighted by molar-refractivity contribution is -0.138. The summed E-state index contributed by atoms with van der Waals surface area (Å²) in [7, 11) is 0. The van der Waals surface area contributed by atoms with E-state index in [1.165, 1.54) is 5.69 Å². The third-order valence-electron chi connectivity index (χ3n) is 5.03. The minimum absolute atomic E-state index is 0.246. The minimum atomic E-state index is -0.414. The number of carbonyl (C=O) groups is 1. The Hall–Kier alpha value is -2.10. The molecule has 1 aliphatic heterocycles. The molecule has 0 bridgehead atoms. The fourth-order valence-corrected chi connectivity index (χ4v) is 3.54. The number of benzene rings is 1. The summed E-state index contributed by atoms with van der Waals surface area (Å²) in [6, 6.07) is 10.2. The maximum absolute atomic E-state index is 13.3. The average molecular weight is 297 g/mol. The van der Waals surface area contributed by atoms with Crippen LogP contribution in [-0.4, -0.2) is 27.5 Å². The summed E-state index contributed by atoms with van der Waals surface area (Å²) in [6.45, 7) is 5.66. The van der Waals surface area contributed by atoms with E-state index in [1.807, 2.05) is 29.3 Å². The van der Waals surface area contributed by atoms with E-state index in [4.69, 9.17) is 0 Å².